The molecule has 0 aliphatic heterocycles. The Bertz CT molecular complexity index is 182. The maximum absolute atomic E-state index is 10.9. The second-order valence-electron chi connectivity index (χ2n) is 2.98. The standard InChI is InChI=1S/C8H16N2O3/c1-3-6(2)4-9-7(11)5-10-8(12)13/h6,10H,3-5H2,1-2H3,(H,9,11)(H,12,13). The first-order chi connectivity index (χ1) is 6.06. The number of carboxylic acid groups (broad SMARTS) is 1. The topological polar surface area (TPSA) is 78.4 Å². The third-order valence-corrected chi connectivity index (χ3v) is 1.74. The van der Waals surface area contributed by atoms with Gasteiger partial charge in [0.15, 0.2) is 0 Å². The van der Waals surface area contributed by atoms with Crippen LogP contribution in [0.1, 0.15) is 20.3 Å². The fourth-order valence-corrected chi connectivity index (χ4v) is 0.651. The molecule has 0 aromatic heterocycles. The molecule has 0 saturated carbocycles. The highest BCUT2D eigenvalue weighted by Crippen LogP contribution is 1.96. The van der Waals surface area contributed by atoms with Crippen LogP contribution in [0.25, 0.3) is 0 Å². The van der Waals surface area contributed by atoms with Crippen molar-refractivity contribution >= 4 is 12.0 Å². The van der Waals surface area contributed by atoms with Gasteiger partial charge in [0, 0.05) is 6.54 Å². The molecular weight excluding hydrogens is 172 g/mol. The summed E-state index contributed by atoms with van der Waals surface area (Å²) >= 11 is 0. The second-order valence-corrected chi connectivity index (χ2v) is 2.98. The number of hydrogen-bond acceptors (Lipinski definition) is 2. The zero-order valence-electron chi connectivity index (χ0n) is 7.96. The maximum atomic E-state index is 10.9. The van der Waals surface area contributed by atoms with Crippen molar-refractivity contribution in [3.8, 4) is 0 Å². The molecule has 0 fully saturated rings. The summed E-state index contributed by atoms with van der Waals surface area (Å²) in [6, 6.07) is 0. The number of nitrogens with one attached hydrogen (secondary N) is 2. The molecule has 0 aliphatic rings. The van der Waals surface area contributed by atoms with Crippen molar-refractivity contribution in [1.29, 1.82) is 0 Å². The van der Waals surface area contributed by atoms with Crippen LogP contribution in [0.15, 0.2) is 0 Å². The molecule has 5 nitrogen and oxygen atoms in total. The van der Waals surface area contributed by atoms with Crippen LogP contribution in [0.2, 0.25) is 0 Å². The predicted octanol–water partition coefficient (Wildman–Crippen LogP) is 0.416. The summed E-state index contributed by atoms with van der Waals surface area (Å²) in [5.74, 6) is 0.136. The monoisotopic (exact) mass is 188 g/mol. The van der Waals surface area contributed by atoms with Gasteiger partial charge in [-0.1, -0.05) is 20.3 Å². The number of carbonyl (C=O) groups excluding carboxylic acids is 1. The lowest BCUT2D eigenvalue weighted by molar-refractivity contribution is -0.120. The van der Waals surface area contributed by atoms with Gasteiger partial charge in [0.2, 0.25) is 5.91 Å². The first kappa shape index (κ1) is 11.7. The quantitative estimate of drug-likeness (QED) is 0.585. The fourth-order valence-electron chi connectivity index (χ4n) is 0.651. The maximum Gasteiger partial charge on any atom is 0.405 e. The molecule has 3 N–H and O–H groups in total. The molecule has 0 saturated heterocycles. The smallest absolute Gasteiger partial charge is 0.405 e. The molecule has 0 aromatic carbocycles. The lowest BCUT2D eigenvalue weighted by Gasteiger charge is -2.09. The summed E-state index contributed by atoms with van der Waals surface area (Å²) in [6.07, 6.45) is -0.189. The van der Waals surface area contributed by atoms with Gasteiger partial charge >= 0.3 is 6.09 Å². The average Bonchev–Trinajstić information content (AvgIpc) is 2.10. The Morgan fingerprint density at radius 1 is 1.38 bits per heavy atom. The van der Waals surface area contributed by atoms with Crippen molar-refractivity contribution < 1.29 is 14.7 Å². The normalized spacial score (nSPS) is 11.8. The highest BCUT2D eigenvalue weighted by Gasteiger charge is 2.04. The minimum absolute atomic E-state index is 0.175. The summed E-state index contributed by atoms with van der Waals surface area (Å²) < 4.78 is 0. The third-order valence-electron chi connectivity index (χ3n) is 1.74. The van der Waals surface area contributed by atoms with Gasteiger partial charge in [-0.3, -0.25) is 4.79 Å². The zero-order chi connectivity index (χ0) is 10.3. The molecule has 0 aliphatic carbocycles. The van der Waals surface area contributed by atoms with Gasteiger partial charge in [-0.25, -0.2) is 4.79 Å². The average molecular weight is 188 g/mol. The summed E-state index contributed by atoms with van der Waals surface area (Å²) in [5, 5.41) is 12.8. The van der Waals surface area contributed by atoms with Crippen molar-refractivity contribution in [1.82, 2.24) is 10.6 Å². The van der Waals surface area contributed by atoms with E-state index in [0.29, 0.717) is 12.5 Å². The zero-order valence-corrected chi connectivity index (χ0v) is 7.96. The van der Waals surface area contributed by atoms with Gasteiger partial charge in [0.1, 0.15) is 0 Å². The lowest BCUT2D eigenvalue weighted by atomic mass is 10.1. The van der Waals surface area contributed by atoms with Crippen LogP contribution in [-0.2, 0) is 4.79 Å². The van der Waals surface area contributed by atoms with Crippen molar-refractivity contribution in [2.75, 3.05) is 13.1 Å². The lowest BCUT2D eigenvalue weighted by Crippen LogP contribution is -2.37. The summed E-state index contributed by atoms with van der Waals surface area (Å²) in [5.41, 5.74) is 0. The van der Waals surface area contributed by atoms with Crippen molar-refractivity contribution in [2.24, 2.45) is 5.92 Å². The predicted molar refractivity (Wildman–Crippen MR) is 48.5 cm³/mol. The van der Waals surface area contributed by atoms with E-state index in [1.165, 1.54) is 0 Å². The molecule has 13 heavy (non-hydrogen) atoms. The molecule has 5 heteroatoms. The van der Waals surface area contributed by atoms with Crippen LogP contribution in [0, 0.1) is 5.92 Å². The minimum Gasteiger partial charge on any atom is -0.465 e. The first-order valence-corrected chi connectivity index (χ1v) is 4.29. The number of carbonyl (C=O) groups is 2. The van der Waals surface area contributed by atoms with Crippen LogP contribution in [-0.4, -0.2) is 30.2 Å². The van der Waals surface area contributed by atoms with Crippen molar-refractivity contribution in [2.45, 2.75) is 20.3 Å². The van der Waals surface area contributed by atoms with E-state index in [9.17, 15) is 9.59 Å². The summed E-state index contributed by atoms with van der Waals surface area (Å²) in [7, 11) is 0. The minimum atomic E-state index is -1.18. The van der Waals surface area contributed by atoms with Crippen LogP contribution < -0.4 is 10.6 Å². The number of hydrogen-bond donors (Lipinski definition) is 3. The molecule has 1 unspecified atom stereocenters. The fraction of sp³-hybridized carbons (Fsp3) is 0.750. The van der Waals surface area contributed by atoms with E-state index < -0.39 is 6.09 Å². The van der Waals surface area contributed by atoms with Gasteiger partial charge in [0.25, 0.3) is 0 Å². The Balaban J connectivity index is 3.46. The molecule has 0 rings (SSSR count). The third kappa shape index (κ3) is 7.11. The van der Waals surface area contributed by atoms with Crippen molar-refractivity contribution in [3.05, 3.63) is 0 Å². The van der Waals surface area contributed by atoms with E-state index in [0.717, 1.165) is 6.42 Å². The molecule has 76 valence electrons. The van der Waals surface area contributed by atoms with E-state index in [2.05, 4.69) is 5.32 Å². The molecule has 1 atom stereocenters. The summed E-state index contributed by atoms with van der Waals surface area (Å²) in [4.78, 5) is 20.9. The highest BCUT2D eigenvalue weighted by molar-refractivity contribution is 5.81. The molecule has 0 bridgehead atoms. The SMILES string of the molecule is CCC(C)CNC(=O)CNC(=O)O. The van der Waals surface area contributed by atoms with Gasteiger partial charge in [-0.2, -0.15) is 0 Å². The summed E-state index contributed by atoms with van der Waals surface area (Å²) in [6.45, 7) is 4.47. The van der Waals surface area contributed by atoms with Crippen molar-refractivity contribution in [3.63, 3.8) is 0 Å². The Morgan fingerprint density at radius 3 is 2.46 bits per heavy atom. The molecule has 2 amide bonds. The molecule has 0 heterocycles. The molecule has 0 aromatic rings. The molecular formula is C8H16N2O3. The van der Waals surface area contributed by atoms with E-state index in [4.69, 9.17) is 5.11 Å². The van der Waals surface area contributed by atoms with Gasteiger partial charge < -0.3 is 15.7 Å². The molecule has 0 spiro atoms. The Labute approximate surface area is 77.5 Å². The van der Waals surface area contributed by atoms with Gasteiger partial charge in [0.05, 0.1) is 6.54 Å². The van der Waals surface area contributed by atoms with E-state index >= 15 is 0 Å². The second kappa shape index (κ2) is 6.28. The van der Waals surface area contributed by atoms with E-state index in [-0.39, 0.29) is 12.5 Å². The first-order valence-electron chi connectivity index (χ1n) is 4.29. The Kier molecular flexibility index (Phi) is 5.67. The van der Waals surface area contributed by atoms with Crippen LogP contribution in [0.3, 0.4) is 0 Å². The van der Waals surface area contributed by atoms with Crippen LogP contribution in [0.5, 0.6) is 0 Å². The Hall–Kier alpha value is -1.26. The van der Waals surface area contributed by atoms with E-state index in [1.54, 1.807) is 0 Å². The number of rotatable bonds is 5. The Morgan fingerprint density at radius 2 is 2.00 bits per heavy atom. The largest absolute Gasteiger partial charge is 0.465 e. The number of amides is 2. The van der Waals surface area contributed by atoms with Crippen LogP contribution in [0.4, 0.5) is 4.79 Å². The van der Waals surface area contributed by atoms with Gasteiger partial charge in [-0.05, 0) is 5.92 Å². The highest BCUT2D eigenvalue weighted by atomic mass is 16.4. The molecule has 0 radical (unpaired) electrons. The van der Waals surface area contributed by atoms with Gasteiger partial charge in [-0.15, -0.1) is 0 Å². The van der Waals surface area contributed by atoms with Crippen LogP contribution >= 0.6 is 0 Å². The van der Waals surface area contributed by atoms with E-state index in [1.807, 2.05) is 19.2 Å².